The van der Waals surface area contributed by atoms with Crippen LogP contribution in [-0.4, -0.2) is 22.0 Å². The van der Waals surface area contributed by atoms with Gasteiger partial charge in [-0.05, 0) is 30.7 Å². The number of thioether (sulfide) groups is 1. The van der Waals surface area contributed by atoms with E-state index >= 15 is 0 Å². The van der Waals surface area contributed by atoms with Gasteiger partial charge in [0.15, 0.2) is 0 Å². The van der Waals surface area contributed by atoms with E-state index in [2.05, 4.69) is 15.8 Å². The number of para-hydroxylation sites is 1. The lowest BCUT2D eigenvalue weighted by molar-refractivity contribution is -0.128. The molecule has 1 unspecified atom stereocenters. The molecule has 0 aliphatic carbocycles. The van der Waals surface area contributed by atoms with Gasteiger partial charge in [-0.2, -0.15) is 0 Å². The molecule has 2 amide bonds. The molecule has 6 heteroatoms. The predicted molar refractivity (Wildman–Crippen MR) is 100 cm³/mol. The van der Waals surface area contributed by atoms with Crippen molar-refractivity contribution < 1.29 is 9.59 Å². The Hall–Kier alpha value is -2.73. The minimum atomic E-state index is -0.309. The number of aromatic nitrogens is 1. The number of aromatic amines is 1. The van der Waals surface area contributed by atoms with Crippen LogP contribution in [0.2, 0.25) is 0 Å². The zero-order valence-electron chi connectivity index (χ0n) is 13.8. The molecule has 0 fully saturated rings. The maximum Gasteiger partial charge on any atom is 0.251 e. The van der Waals surface area contributed by atoms with Crippen molar-refractivity contribution >= 4 is 34.5 Å². The summed E-state index contributed by atoms with van der Waals surface area (Å²) >= 11 is 1.44. The van der Waals surface area contributed by atoms with Gasteiger partial charge in [-0.15, -0.1) is 11.8 Å². The summed E-state index contributed by atoms with van der Waals surface area (Å²) in [4.78, 5) is 28.3. The highest BCUT2D eigenvalue weighted by molar-refractivity contribution is 8.00. The third-order valence-electron chi connectivity index (χ3n) is 3.78. The average molecular weight is 353 g/mol. The molecule has 0 bridgehead atoms. The second-order valence-corrected chi connectivity index (χ2v) is 7.06. The molecule has 0 spiro atoms. The predicted octanol–water partition coefficient (Wildman–Crippen LogP) is 3.04. The van der Waals surface area contributed by atoms with Crippen LogP contribution in [0.1, 0.15) is 12.5 Å². The number of hydrogen-bond donors (Lipinski definition) is 3. The van der Waals surface area contributed by atoms with Crippen LogP contribution in [0, 0.1) is 0 Å². The second kappa shape index (κ2) is 7.90. The molecular weight excluding hydrogens is 334 g/mol. The number of rotatable bonds is 5. The van der Waals surface area contributed by atoms with Crippen molar-refractivity contribution in [3.05, 3.63) is 66.4 Å². The molecule has 1 heterocycles. The van der Waals surface area contributed by atoms with Gasteiger partial charge in [-0.25, -0.2) is 0 Å². The molecule has 5 nitrogen and oxygen atoms in total. The van der Waals surface area contributed by atoms with Crippen LogP contribution in [0.15, 0.2) is 65.7 Å². The fourth-order valence-electron chi connectivity index (χ4n) is 2.48. The summed E-state index contributed by atoms with van der Waals surface area (Å²) in [5.74, 6) is -0.490. The quantitative estimate of drug-likeness (QED) is 0.487. The number of fused-ring (bicyclic) bond motifs is 1. The largest absolute Gasteiger partial charge is 0.361 e. The Morgan fingerprint density at radius 1 is 1.04 bits per heavy atom. The fourth-order valence-corrected chi connectivity index (χ4v) is 3.37. The summed E-state index contributed by atoms with van der Waals surface area (Å²) in [5.41, 5.74) is 6.87. The molecule has 2 aromatic carbocycles. The van der Waals surface area contributed by atoms with E-state index in [1.54, 1.807) is 6.92 Å². The highest BCUT2D eigenvalue weighted by Gasteiger charge is 2.15. The Morgan fingerprint density at radius 2 is 1.76 bits per heavy atom. The van der Waals surface area contributed by atoms with Crippen molar-refractivity contribution in [2.24, 2.45) is 0 Å². The normalized spacial score (nSPS) is 11.9. The third-order valence-corrected chi connectivity index (χ3v) is 4.89. The topological polar surface area (TPSA) is 74.0 Å². The lowest BCUT2D eigenvalue weighted by Gasteiger charge is -2.12. The minimum absolute atomic E-state index is 0.199. The Balaban J connectivity index is 1.51. The smallest absolute Gasteiger partial charge is 0.251 e. The van der Waals surface area contributed by atoms with Gasteiger partial charge in [-0.1, -0.05) is 36.4 Å². The SMILES string of the molecule is CC(Sc1ccccc1)C(=O)NNC(=O)Cc1c[nH]c2ccccc12. The number of amides is 2. The van der Waals surface area contributed by atoms with E-state index in [9.17, 15) is 9.59 Å². The van der Waals surface area contributed by atoms with Crippen LogP contribution in [0.4, 0.5) is 0 Å². The van der Waals surface area contributed by atoms with E-state index in [0.29, 0.717) is 0 Å². The fraction of sp³-hybridized carbons (Fsp3) is 0.158. The van der Waals surface area contributed by atoms with E-state index in [4.69, 9.17) is 0 Å². The second-order valence-electron chi connectivity index (χ2n) is 5.65. The lowest BCUT2D eigenvalue weighted by atomic mass is 10.1. The highest BCUT2D eigenvalue weighted by Crippen LogP contribution is 2.22. The zero-order valence-corrected chi connectivity index (χ0v) is 14.6. The number of carbonyl (C=O) groups is 2. The Kier molecular flexibility index (Phi) is 5.40. The van der Waals surface area contributed by atoms with Gasteiger partial charge >= 0.3 is 0 Å². The van der Waals surface area contributed by atoms with E-state index in [0.717, 1.165) is 21.4 Å². The van der Waals surface area contributed by atoms with Crippen molar-refractivity contribution in [3.8, 4) is 0 Å². The van der Waals surface area contributed by atoms with Gasteiger partial charge in [-0.3, -0.25) is 20.4 Å². The zero-order chi connectivity index (χ0) is 17.6. The molecule has 3 rings (SSSR count). The molecule has 25 heavy (non-hydrogen) atoms. The van der Waals surface area contributed by atoms with Crippen LogP contribution < -0.4 is 10.9 Å². The van der Waals surface area contributed by atoms with Crippen molar-refractivity contribution in [1.29, 1.82) is 0 Å². The van der Waals surface area contributed by atoms with Crippen molar-refractivity contribution in [3.63, 3.8) is 0 Å². The number of H-pyrrole nitrogens is 1. The maximum atomic E-state index is 12.1. The molecule has 0 saturated heterocycles. The summed E-state index contributed by atoms with van der Waals surface area (Å²) in [6.45, 7) is 1.80. The molecule has 1 aromatic heterocycles. The number of carbonyl (C=O) groups excluding carboxylic acids is 2. The van der Waals surface area contributed by atoms with E-state index in [1.165, 1.54) is 11.8 Å². The van der Waals surface area contributed by atoms with Gasteiger partial charge in [0, 0.05) is 22.0 Å². The van der Waals surface area contributed by atoms with E-state index < -0.39 is 0 Å². The first-order valence-electron chi connectivity index (χ1n) is 7.99. The summed E-state index contributed by atoms with van der Waals surface area (Å²) in [7, 11) is 0. The molecular formula is C19H19N3O2S. The standard InChI is InChI=1S/C19H19N3O2S/c1-13(25-15-7-3-2-4-8-15)19(24)22-21-18(23)11-14-12-20-17-10-6-5-9-16(14)17/h2-10,12-13,20H,11H2,1H3,(H,21,23)(H,22,24). The van der Waals surface area contributed by atoms with Crippen molar-refractivity contribution in [1.82, 2.24) is 15.8 Å². The third kappa shape index (κ3) is 4.42. The summed E-state index contributed by atoms with van der Waals surface area (Å²) in [5, 5.41) is 0.702. The van der Waals surface area contributed by atoms with Gasteiger partial charge in [0.25, 0.3) is 5.91 Å². The van der Waals surface area contributed by atoms with Crippen LogP contribution in [0.3, 0.4) is 0 Å². The van der Waals surface area contributed by atoms with Gasteiger partial charge in [0.2, 0.25) is 5.91 Å². The lowest BCUT2D eigenvalue weighted by Crippen LogP contribution is -2.45. The van der Waals surface area contributed by atoms with Crippen molar-refractivity contribution in [2.45, 2.75) is 23.5 Å². The highest BCUT2D eigenvalue weighted by atomic mass is 32.2. The molecule has 3 N–H and O–H groups in total. The Bertz CT molecular complexity index is 877. The molecule has 128 valence electrons. The Morgan fingerprint density at radius 3 is 2.56 bits per heavy atom. The average Bonchev–Trinajstić information content (AvgIpc) is 3.03. The maximum absolute atomic E-state index is 12.1. The van der Waals surface area contributed by atoms with Crippen LogP contribution in [0.5, 0.6) is 0 Å². The van der Waals surface area contributed by atoms with Gasteiger partial charge in [0.05, 0.1) is 11.7 Å². The van der Waals surface area contributed by atoms with Crippen LogP contribution in [-0.2, 0) is 16.0 Å². The molecule has 0 aliphatic heterocycles. The first kappa shape index (κ1) is 17.1. The van der Waals surface area contributed by atoms with Gasteiger partial charge in [0.1, 0.15) is 0 Å². The number of benzene rings is 2. The van der Waals surface area contributed by atoms with Crippen molar-refractivity contribution in [2.75, 3.05) is 0 Å². The van der Waals surface area contributed by atoms with Gasteiger partial charge < -0.3 is 4.98 Å². The summed E-state index contributed by atoms with van der Waals surface area (Å²) < 4.78 is 0. The number of hydrazine groups is 1. The van der Waals surface area contributed by atoms with E-state index in [1.807, 2.05) is 60.8 Å². The Labute approximate surface area is 150 Å². The number of nitrogens with one attached hydrogen (secondary N) is 3. The monoisotopic (exact) mass is 353 g/mol. The van der Waals surface area contributed by atoms with E-state index in [-0.39, 0.29) is 23.5 Å². The summed E-state index contributed by atoms with van der Waals surface area (Å²) in [6, 6.07) is 17.5. The van der Waals surface area contributed by atoms with Crippen LogP contribution >= 0.6 is 11.8 Å². The molecule has 0 aliphatic rings. The van der Waals surface area contributed by atoms with Crippen LogP contribution in [0.25, 0.3) is 10.9 Å². The first-order chi connectivity index (χ1) is 12.1. The molecule has 0 radical (unpaired) electrons. The first-order valence-corrected chi connectivity index (χ1v) is 8.87. The molecule has 1 atom stereocenters. The minimum Gasteiger partial charge on any atom is -0.361 e. The molecule has 0 saturated carbocycles. The number of hydrogen-bond acceptors (Lipinski definition) is 3. The molecule has 3 aromatic rings. The summed E-state index contributed by atoms with van der Waals surface area (Å²) in [6.07, 6.45) is 2.02.